The van der Waals surface area contributed by atoms with Gasteiger partial charge >= 0.3 is 0 Å². The lowest BCUT2D eigenvalue weighted by Crippen LogP contribution is -2.13. The average molecular weight is 254 g/mol. The Hall–Kier alpha value is -2.10. The maximum Gasteiger partial charge on any atom is 0.176 e. The first-order valence-corrected chi connectivity index (χ1v) is 6.45. The van der Waals surface area contributed by atoms with Crippen LogP contribution in [-0.2, 0) is 12.5 Å². The number of aromatic amines is 1. The number of rotatable bonds is 1. The third-order valence-electron chi connectivity index (χ3n) is 3.24. The van der Waals surface area contributed by atoms with Gasteiger partial charge in [-0.15, -0.1) is 0 Å². The van der Waals surface area contributed by atoms with Crippen molar-refractivity contribution in [3.63, 3.8) is 0 Å². The van der Waals surface area contributed by atoms with Crippen LogP contribution in [0.4, 0.5) is 0 Å². The summed E-state index contributed by atoms with van der Waals surface area (Å²) in [6, 6.07) is 10.2. The largest absolute Gasteiger partial charge is 0.338 e. The SMILES string of the molecule is Cn1nc(-c2ccccc2)c2[nH]c(C(C)(C)C)nc21. The molecule has 98 valence electrons. The van der Waals surface area contributed by atoms with Gasteiger partial charge in [0.25, 0.3) is 0 Å². The molecule has 0 atom stereocenters. The van der Waals surface area contributed by atoms with E-state index in [4.69, 9.17) is 0 Å². The predicted molar refractivity (Wildman–Crippen MR) is 77.0 cm³/mol. The van der Waals surface area contributed by atoms with Gasteiger partial charge in [-0.25, -0.2) is 9.67 Å². The van der Waals surface area contributed by atoms with E-state index >= 15 is 0 Å². The molecule has 3 aromatic rings. The zero-order valence-corrected chi connectivity index (χ0v) is 11.7. The minimum Gasteiger partial charge on any atom is -0.338 e. The van der Waals surface area contributed by atoms with Crippen LogP contribution in [0.25, 0.3) is 22.4 Å². The van der Waals surface area contributed by atoms with Crippen LogP contribution in [-0.4, -0.2) is 19.7 Å². The van der Waals surface area contributed by atoms with E-state index in [1.165, 1.54) is 0 Å². The minimum atomic E-state index is 0.00692. The molecule has 0 aliphatic rings. The lowest BCUT2D eigenvalue weighted by Gasteiger charge is -2.14. The maximum atomic E-state index is 4.67. The van der Waals surface area contributed by atoms with E-state index in [1.54, 1.807) is 0 Å². The number of H-pyrrole nitrogens is 1. The summed E-state index contributed by atoms with van der Waals surface area (Å²) in [6.45, 7) is 6.46. The molecule has 19 heavy (non-hydrogen) atoms. The highest BCUT2D eigenvalue weighted by Gasteiger charge is 2.22. The first-order chi connectivity index (χ1) is 8.97. The molecule has 0 spiro atoms. The first-order valence-electron chi connectivity index (χ1n) is 6.45. The van der Waals surface area contributed by atoms with Crippen LogP contribution >= 0.6 is 0 Å². The van der Waals surface area contributed by atoms with Crippen LogP contribution in [0.5, 0.6) is 0 Å². The molecule has 0 bridgehead atoms. The number of fused-ring (bicyclic) bond motifs is 1. The zero-order valence-electron chi connectivity index (χ0n) is 11.7. The quantitative estimate of drug-likeness (QED) is 0.724. The minimum absolute atomic E-state index is 0.00692. The summed E-state index contributed by atoms with van der Waals surface area (Å²) in [5.41, 5.74) is 3.99. The van der Waals surface area contributed by atoms with Crippen molar-refractivity contribution in [3.05, 3.63) is 36.2 Å². The van der Waals surface area contributed by atoms with E-state index in [1.807, 2.05) is 29.9 Å². The van der Waals surface area contributed by atoms with Gasteiger partial charge in [-0.05, 0) is 0 Å². The normalized spacial score (nSPS) is 12.2. The van der Waals surface area contributed by atoms with E-state index in [0.29, 0.717) is 0 Å². The van der Waals surface area contributed by atoms with Crippen molar-refractivity contribution in [1.82, 2.24) is 19.7 Å². The Morgan fingerprint density at radius 1 is 1.11 bits per heavy atom. The molecule has 0 fully saturated rings. The molecule has 0 saturated heterocycles. The van der Waals surface area contributed by atoms with Crippen molar-refractivity contribution < 1.29 is 0 Å². The van der Waals surface area contributed by atoms with Gasteiger partial charge in [0.15, 0.2) is 5.65 Å². The van der Waals surface area contributed by atoms with E-state index in [0.717, 1.165) is 28.2 Å². The highest BCUT2D eigenvalue weighted by Crippen LogP contribution is 2.29. The van der Waals surface area contributed by atoms with Gasteiger partial charge in [0.1, 0.15) is 17.0 Å². The highest BCUT2D eigenvalue weighted by molar-refractivity contribution is 5.88. The summed E-state index contributed by atoms with van der Waals surface area (Å²) in [4.78, 5) is 8.10. The van der Waals surface area contributed by atoms with Crippen molar-refractivity contribution in [2.45, 2.75) is 26.2 Å². The molecule has 0 aliphatic heterocycles. The lowest BCUT2D eigenvalue weighted by molar-refractivity contribution is 0.553. The smallest absolute Gasteiger partial charge is 0.176 e. The maximum absolute atomic E-state index is 4.67. The molecule has 0 radical (unpaired) electrons. The Bertz CT molecular complexity index is 714. The van der Waals surface area contributed by atoms with Gasteiger partial charge in [-0.3, -0.25) is 0 Å². The van der Waals surface area contributed by atoms with Gasteiger partial charge in [-0.1, -0.05) is 51.1 Å². The van der Waals surface area contributed by atoms with E-state index in [2.05, 4.69) is 48.0 Å². The van der Waals surface area contributed by atoms with Crippen LogP contribution < -0.4 is 0 Å². The van der Waals surface area contributed by atoms with E-state index < -0.39 is 0 Å². The average Bonchev–Trinajstić information content (AvgIpc) is 2.91. The second kappa shape index (κ2) is 3.95. The van der Waals surface area contributed by atoms with Crippen LogP contribution in [0.3, 0.4) is 0 Å². The fourth-order valence-electron chi connectivity index (χ4n) is 2.16. The third-order valence-corrected chi connectivity index (χ3v) is 3.24. The fraction of sp³-hybridized carbons (Fsp3) is 0.333. The summed E-state index contributed by atoms with van der Waals surface area (Å²) in [6.07, 6.45) is 0. The zero-order chi connectivity index (χ0) is 13.6. The molecule has 1 aromatic carbocycles. The topological polar surface area (TPSA) is 46.5 Å². The monoisotopic (exact) mass is 254 g/mol. The number of hydrogen-bond acceptors (Lipinski definition) is 2. The van der Waals surface area contributed by atoms with Crippen LogP contribution in [0, 0.1) is 0 Å². The highest BCUT2D eigenvalue weighted by atomic mass is 15.3. The van der Waals surface area contributed by atoms with Crippen molar-refractivity contribution in [2.75, 3.05) is 0 Å². The number of aryl methyl sites for hydroxylation is 1. The summed E-state index contributed by atoms with van der Waals surface area (Å²) in [7, 11) is 1.93. The fourth-order valence-corrected chi connectivity index (χ4v) is 2.16. The van der Waals surface area contributed by atoms with Crippen molar-refractivity contribution in [3.8, 4) is 11.3 Å². The Kier molecular flexibility index (Phi) is 2.49. The Balaban J connectivity index is 2.24. The number of hydrogen-bond donors (Lipinski definition) is 1. The molecule has 1 N–H and O–H groups in total. The number of imidazole rings is 1. The van der Waals surface area contributed by atoms with Crippen molar-refractivity contribution in [1.29, 1.82) is 0 Å². The number of nitrogens with one attached hydrogen (secondary N) is 1. The van der Waals surface area contributed by atoms with E-state index in [9.17, 15) is 0 Å². The van der Waals surface area contributed by atoms with Crippen LogP contribution in [0.2, 0.25) is 0 Å². The molecule has 0 unspecified atom stereocenters. The molecule has 3 rings (SSSR count). The molecule has 4 heteroatoms. The standard InChI is InChI=1S/C15H18N4/c1-15(2,3)14-16-12-11(10-8-6-5-7-9-10)18-19(4)13(12)17-14/h5-9H,1-4H3,(H,16,17). The molecule has 0 aliphatic carbocycles. The summed E-state index contributed by atoms with van der Waals surface area (Å²) in [5, 5.41) is 4.57. The number of benzene rings is 1. The van der Waals surface area contributed by atoms with Crippen molar-refractivity contribution in [2.24, 2.45) is 7.05 Å². The molecule has 0 amide bonds. The molecule has 4 nitrogen and oxygen atoms in total. The van der Waals surface area contributed by atoms with Crippen molar-refractivity contribution >= 4 is 11.2 Å². The van der Waals surface area contributed by atoms with Gasteiger partial charge < -0.3 is 4.98 Å². The number of nitrogens with zero attached hydrogens (tertiary/aromatic N) is 3. The predicted octanol–water partition coefficient (Wildman–Crippen LogP) is 3.26. The summed E-state index contributed by atoms with van der Waals surface area (Å²) in [5.74, 6) is 0.993. The van der Waals surface area contributed by atoms with Gasteiger partial charge in [0.2, 0.25) is 0 Å². The molecular formula is C15H18N4. The van der Waals surface area contributed by atoms with Crippen LogP contribution in [0.1, 0.15) is 26.6 Å². The lowest BCUT2D eigenvalue weighted by atomic mass is 9.96. The van der Waals surface area contributed by atoms with Gasteiger partial charge in [-0.2, -0.15) is 5.10 Å². The molecular weight excluding hydrogens is 236 g/mol. The summed E-state index contributed by atoms with van der Waals surface area (Å²) < 4.78 is 1.84. The van der Waals surface area contributed by atoms with E-state index in [-0.39, 0.29) is 5.41 Å². The van der Waals surface area contributed by atoms with Crippen LogP contribution in [0.15, 0.2) is 30.3 Å². The summed E-state index contributed by atoms with van der Waals surface area (Å²) >= 11 is 0. The second-order valence-corrected chi connectivity index (χ2v) is 5.87. The molecule has 0 saturated carbocycles. The van der Waals surface area contributed by atoms with Gasteiger partial charge in [0.05, 0.1) is 0 Å². The second-order valence-electron chi connectivity index (χ2n) is 5.87. The Labute approximate surface area is 112 Å². The molecule has 2 heterocycles. The Morgan fingerprint density at radius 2 is 1.79 bits per heavy atom. The third kappa shape index (κ3) is 1.93. The first kappa shape index (κ1) is 12.0. The number of aromatic nitrogens is 4. The van der Waals surface area contributed by atoms with Gasteiger partial charge in [0, 0.05) is 18.0 Å². The molecule has 2 aromatic heterocycles. The Morgan fingerprint density at radius 3 is 2.42 bits per heavy atom.